The molecule has 6 rings (SSSR count). The second kappa shape index (κ2) is 9.82. The highest BCUT2D eigenvalue weighted by Crippen LogP contribution is 2.62. The first-order valence-electron chi connectivity index (χ1n) is 14.1. The Bertz CT molecular complexity index is 1610. The van der Waals surface area contributed by atoms with Crippen LogP contribution < -0.4 is 10.6 Å². The number of carbonyl (C=O) groups excluding carboxylic acids is 2. The summed E-state index contributed by atoms with van der Waals surface area (Å²) < 4.78 is 6.48. The van der Waals surface area contributed by atoms with Crippen LogP contribution in [0, 0.1) is 5.92 Å². The third-order valence-electron chi connectivity index (χ3n) is 8.84. The summed E-state index contributed by atoms with van der Waals surface area (Å²) in [6, 6.07) is 6.46. The predicted molar refractivity (Wildman–Crippen MR) is 169 cm³/mol. The molecule has 2 atom stereocenters. The third kappa shape index (κ3) is 3.81. The molecule has 0 saturated carbocycles. The van der Waals surface area contributed by atoms with Gasteiger partial charge in [-0.15, -0.1) is 11.3 Å². The van der Waals surface area contributed by atoms with Crippen LogP contribution >= 0.6 is 22.3 Å². The zero-order valence-electron chi connectivity index (χ0n) is 23.8. The van der Waals surface area contributed by atoms with Gasteiger partial charge in [0.15, 0.2) is 5.78 Å². The molecule has 2 N–H and O–H groups in total. The van der Waals surface area contributed by atoms with Crippen molar-refractivity contribution in [2.45, 2.75) is 71.4 Å². The number of benzene rings is 1. The number of ketones is 1. The van der Waals surface area contributed by atoms with Gasteiger partial charge in [-0.05, 0) is 59.5 Å². The van der Waals surface area contributed by atoms with Gasteiger partial charge in [-0.3, -0.25) is 9.59 Å². The lowest BCUT2D eigenvalue weighted by atomic mass is 9.89. The molecule has 3 heterocycles. The lowest BCUT2D eigenvalue weighted by Crippen LogP contribution is -2.46. The van der Waals surface area contributed by atoms with Crippen LogP contribution in [0.1, 0.15) is 90.2 Å². The molecule has 1 spiro atoms. The maximum Gasteiger partial charge on any atom is 0.245 e. The minimum Gasteiger partial charge on any atom is -0.366 e. The Balaban J connectivity index is 1.50. The number of nitrogens with zero attached hydrogens (tertiary/aromatic N) is 1. The molecular weight excluding hydrogens is 537 g/mol. The summed E-state index contributed by atoms with van der Waals surface area (Å²) in [5, 5.41) is 0. The van der Waals surface area contributed by atoms with Gasteiger partial charge in [0.25, 0.3) is 0 Å². The normalized spacial score (nSPS) is 23.8. The lowest BCUT2D eigenvalue weighted by molar-refractivity contribution is -0.121. The van der Waals surface area contributed by atoms with E-state index in [1.807, 2.05) is 18.2 Å². The number of hydrogen-bond donors (Lipinski definition) is 1. The molecule has 2 aromatic rings. The summed E-state index contributed by atoms with van der Waals surface area (Å²) in [7, 11) is 1.38. The molecule has 1 aromatic carbocycles. The highest BCUT2D eigenvalue weighted by Gasteiger charge is 2.57. The first-order valence-corrected chi connectivity index (χ1v) is 15.9. The second-order valence-electron chi connectivity index (χ2n) is 11.7. The minimum atomic E-state index is -0.526. The number of fused-ring (bicyclic) bond motifs is 5. The van der Waals surface area contributed by atoms with Gasteiger partial charge < -0.3 is 15.4 Å². The molecule has 1 fully saturated rings. The van der Waals surface area contributed by atoms with Gasteiger partial charge in [0.2, 0.25) is 5.91 Å². The van der Waals surface area contributed by atoms with Crippen molar-refractivity contribution in [1.82, 2.24) is 0 Å². The largest absolute Gasteiger partial charge is 0.366 e. The van der Waals surface area contributed by atoms with Crippen LogP contribution in [0.15, 0.2) is 47.2 Å². The Hall–Kier alpha value is -3.00. The molecule has 7 heteroatoms. The Kier molecular flexibility index (Phi) is 6.68. The van der Waals surface area contributed by atoms with E-state index in [4.69, 9.17) is 10.5 Å². The predicted octanol–water partition coefficient (Wildman–Crippen LogP) is 6.56. The van der Waals surface area contributed by atoms with Gasteiger partial charge in [-0.2, -0.15) is 10.9 Å². The van der Waals surface area contributed by atoms with Gasteiger partial charge in [0, 0.05) is 50.9 Å². The number of carbonyl (C=O) groups is 2. The fourth-order valence-corrected chi connectivity index (χ4v) is 8.76. The summed E-state index contributed by atoms with van der Waals surface area (Å²) in [4.78, 5) is 31.5. The summed E-state index contributed by atoms with van der Waals surface area (Å²) in [6.07, 6.45) is 8.47. The molecular formula is C33H36N2O3S2. The van der Waals surface area contributed by atoms with Crippen molar-refractivity contribution in [2.75, 3.05) is 11.5 Å². The fraction of sp³-hybridized carbons (Fsp3) is 0.394. The summed E-state index contributed by atoms with van der Waals surface area (Å²) in [5.41, 5.74) is 12.8. The van der Waals surface area contributed by atoms with Crippen molar-refractivity contribution >= 4 is 56.5 Å². The molecule has 0 radical (unpaired) electrons. The van der Waals surface area contributed by atoms with Crippen molar-refractivity contribution in [2.24, 2.45) is 11.7 Å². The maximum atomic E-state index is 13.7. The number of rotatable bonds is 6. The van der Waals surface area contributed by atoms with E-state index in [0.29, 0.717) is 36.0 Å². The van der Waals surface area contributed by atoms with Gasteiger partial charge >= 0.3 is 0 Å². The molecule has 1 saturated heterocycles. The standard InChI is InChI=1S/C33H36N2O3S2/c1-7-25(18(4)5)35-27(11-10-22-29(36)23-14-19(17(2)3)8-9-21(23)30(22)39-6)33(12-13-38-33)31-28(35)24-15-20(32(34)37)16-26(24)40-31/h8-11,14,16-18,25H,6-7,12-13,15H2,1-5H3,(H2,34,37)/b22-10-,27-11+. The summed E-state index contributed by atoms with van der Waals surface area (Å²) in [6.45, 7) is 11.7. The minimum absolute atomic E-state index is 0.0514. The molecule has 2 aliphatic heterocycles. The molecule has 40 heavy (non-hydrogen) atoms. The highest BCUT2D eigenvalue weighted by molar-refractivity contribution is 7.96. The van der Waals surface area contributed by atoms with E-state index in [-0.39, 0.29) is 17.7 Å². The lowest BCUT2D eigenvalue weighted by Gasteiger charge is -2.43. The number of anilines is 1. The van der Waals surface area contributed by atoms with Crippen LogP contribution in [0.2, 0.25) is 0 Å². The molecule has 4 aliphatic rings. The second-order valence-corrected chi connectivity index (χ2v) is 13.5. The van der Waals surface area contributed by atoms with E-state index in [9.17, 15) is 9.59 Å². The number of ether oxygens (including phenoxy) is 1. The van der Waals surface area contributed by atoms with Crippen molar-refractivity contribution in [3.05, 3.63) is 79.2 Å². The van der Waals surface area contributed by atoms with E-state index in [1.54, 1.807) is 11.3 Å². The van der Waals surface area contributed by atoms with Crippen LogP contribution in [0.3, 0.4) is 0 Å². The Morgan fingerprint density at radius 2 is 2.00 bits per heavy atom. The topological polar surface area (TPSA) is 72.6 Å². The van der Waals surface area contributed by atoms with E-state index in [2.05, 4.69) is 63.6 Å². The Morgan fingerprint density at radius 1 is 1.25 bits per heavy atom. The number of nitrogens with two attached hydrogens (primary N) is 1. The maximum absolute atomic E-state index is 13.7. The van der Waals surface area contributed by atoms with Crippen molar-refractivity contribution < 1.29 is 14.3 Å². The Labute approximate surface area is 243 Å². The summed E-state index contributed by atoms with van der Waals surface area (Å²) in [5.74, 6) is 4.52. The number of thiophene rings is 1. The van der Waals surface area contributed by atoms with Gasteiger partial charge in [-0.1, -0.05) is 46.8 Å². The first-order chi connectivity index (χ1) is 19.1. The average Bonchev–Trinajstić information content (AvgIpc) is 3.59. The average molecular weight is 573 g/mol. The van der Waals surface area contributed by atoms with E-state index >= 15 is 0 Å². The van der Waals surface area contributed by atoms with E-state index in [0.717, 1.165) is 45.0 Å². The van der Waals surface area contributed by atoms with Crippen molar-refractivity contribution in [3.63, 3.8) is 0 Å². The number of Topliss-reactive ketones (excluding diaryl/α,β-unsaturated/α-hetero) is 1. The molecule has 1 aromatic heterocycles. The Morgan fingerprint density at radius 3 is 2.58 bits per heavy atom. The number of hydrogen-bond acceptors (Lipinski definition) is 5. The molecule has 2 aliphatic carbocycles. The van der Waals surface area contributed by atoms with E-state index in [1.165, 1.54) is 27.1 Å². The zero-order chi connectivity index (χ0) is 28.5. The number of amides is 1. The molecule has 0 bridgehead atoms. The summed E-state index contributed by atoms with van der Waals surface area (Å²) >= 11 is 1.72. The third-order valence-corrected chi connectivity index (χ3v) is 10.9. The molecule has 5 nitrogen and oxygen atoms in total. The van der Waals surface area contributed by atoms with Crippen LogP contribution in [0.5, 0.6) is 0 Å². The number of primary amides is 1. The van der Waals surface area contributed by atoms with Gasteiger partial charge in [0.1, 0.15) is 5.60 Å². The van der Waals surface area contributed by atoms with Crippen LogP contribution in [-0.4, -0.2) is 35.1 Å². The fourth-order valence-electron chi connectivity index (χ4n) is 6.65. The van der Waals surface area contributed by atoms with Gasteiger partial charge in [-0.25, -0.2) is 0 Å². The highest BCUT2D eigenvalue weighted by atomic mass is 32.1. The number of allylic oxidation sites excluding steroid dienone is 3. The quantitative estimate of drug-likeness (QED) is 0.314. The molecule has 208 valence electrons. The van der Waals surface area contributed by atoms with Crippen molar-refractivity contribution in [1.29, 1.82) is 0 Å². The zero-order valence-corrected chi connectivity index (χ0v) is 25.4. The van der Waals surface area contributed by atoms with Crippen LogP contribution in [-0.2, 0) is 21.6 Å². The van der Waals surface area contributed by atoms with E-state index < -0.39 is 5.60 Å². The molecule has 2 unspecified atom stereocenters. The van der Waals surface area contributed by atoms with Gasteiger partial charge in [0.05, 0.1) is 22.9 Å². The first kappa shape index (κ1) is 27.2. The monoisotopic (exact) mass is 572 g/mol. The van der Waals surface area contributed by atoms with Crippen LogP contribution in [0.4, 0.5) is 5.69 Å². The van der Waals surface area contributed by atoms with Crippen molar-refractivity contribution in [3.8, 4) is 0 Å². The molecule has 1 amide bonds. The SMILES string of the molecule is C=S=C1/C(=C\C=C2\N(C(CC)C(C)C)c3c(sc4c3CC(C(N)=O)=C4)C23CCO3)C(=O)c2cc(C(C)C)ccc21. The smallest absolute Gasteiger partial charge is 0.245 e. The van der Waals surface area contributed by atoms with Crippen LogP contribution in [0.25, 0.3) is 6.08 Å².